The Bertz CT molecular complexity index is 3950. The van der Waals surface area contributed by atoms with Crippen molar-refractivity contribution in [1.82, 2.24) is 48.2 Å². The predicted molar refractivity (Wildman–Crippen MR) is 345 cm³/mol. The Hall–Kier alpha value is -4.99. The number of nitrogens with zero attached hydrogens (tertiary/aromatic N) is 9. The Morgan fingerprint density at radius 2 is 1.07 bits per heavy atom. The number of phosphoric acid groups is 1. The average Bonchev–Trinajstić information content (AvgIpc) is 1.63. The molecule has 9 N–H and O–H groups in total. The molecule has 4 fully saturated rings. The van der Waals surface area contributed by atoms with Crippen molar-refractivity contribution >= 4 is 74.0 Å². The van der Waals surface area contributed by atoms with E-state index in [1.807, 2.05) is 6.92 Å². The van der Waals surface area contributed by atoms with Gasteiger partial charge in [-0.05, 0) is 27.2 Å². The highest BCUT2D eigenvalue weighted by molar-refractivity contribution is 8.32. The van der Waals surface area contributed by atoms with Gasteiger partial charge in [-0.1, -0.05) is 25.2 Å². The standard InChI is InChI=1S/C54H82N13O27P3S2/c1-9-10-30-36(40(82-16-12-78-6)51(88-30)67-26-60-34-45(57)58-25-59-46(34)67)92-95(73,74)85-23-32-37(41(83-17-13-79-7)49(90-32)65-20-28(3)44(56)62-53(65)71)93-97(76,99)87-24-33-38(42(84-18-14-80-8)50(91-33)66-21-29(4)47(69)63-54(66)72)94-96(75,98)86-22-31-35(68)39(81-15-11-77-5)48(89-31)64-19-27(2)43(55)61-52(64)70/h19-21,25-26,30-33,35-42,48-51,68H,9-18,22-24H2,1-8H3,(H,73,74)(H,75,98)(H,76,99)(H2,55,61,70)(H2,56,62,71)(H2,57,58,59)(H,63,69,72)/p-2/t30-,31-,32-,33-,35?,36?,37?,38?,39+,40+,41+,42+,48-,49-,50-,51-,96?,97?/m1/s1. The van der Waals surface area contributed by atoms with E-state index in [1.54, 1.807) is 6.92 Å². The van der Waals surface area contributed by atoms with Crippen LogP contribution in [0.25, 0.3) is 11.2 Å². The summed E-state index contributed by atoms with van der Waals surface area (Å²) in [5.41, 5.74) is 15.6. The lowest BCUT2D eigenvalue weighted by molar-refractivity contribution is -0.237. The summed E-state index contributed by atoms with van der Waals surface area (Å²) in [6.07, 6.45) is -16.4. The van der Waals surface area contributed by atoms with Crippen molar-refractivity contribution in [3.05, 3.63) is 89.7 Å². The molecule has 0 aliphatic carbocycles. The largest absolute Gasteiger partial charge is 0.780 e. The number of aliphatic hydroxyl groups excluding tert-OH is 1. The minimum Gasteiger partial charge on any atom is -0.780 e. The molecule has 45 heteroatoms. The normalized spacial score (nSPS) is 29.0. The van der Waals surface area contributed by atoms with Crippen molar-refractivity contribution in [2.24, 2.45) is 0 Å². The van der Waals surface area contributed by atoms with Crippen LogP contribution in [0, 0.1) is 20.8 Å². The van der Waals surface area contributed by atoms with Gasteiger partial charge in [0.15, 0.2) is 49.1 Å². The lowest BCUT2D eigenvalue weighted by Crippen LogP contribution is -2.42. The Balaban J connectivity index is 1.01. The zero-order valence-electron chi connectivity index (χ0n) is 54.8. The number of aryl methyl sites for hydroxylation is 3. The van der Waals surface area contributed by atoms with Crippen LogP contribution in [0.3, 0.4) is 0 Å². The molecule has 4 aliphatic heterocycles. The number of ether oxygens (including phenoxy) is 12. The van der Waals surface area contributed by atoms with Crippen LogP contribution in [0.5, 0.6) is 0 Å². The Morgan fingerprint density at radius 3 is 1.62 bits per heavy atom. The molecule has 7 unspecified atom stereocenters. The molecule has 0 bridgehead atoms. The van der Waals surface area contributed by atoms with Crippen LogP contribution >= 0.6 is 21.3 Å². The first-order valence-electron chi connectivity index (χ1n) is 30.8. The number of fused-ring (bicyclic) bond motifs is 1. The van der Waals surface area contributed by atoms with E-state index in [2.05, 4.69) is 34.4 Å². The van der Waals surface area contributed by atoms with Crippen LogP contribution in [0.15, 0.2) is 50.4 Å². The molecule has 0 spiro atoms. The number of anilines is 3. The number of nitrogens with two attached hydrogens (primary N) is 3. The van der Waals surface area contributed by atoms with Crippen LogP contribution in [-0.2, 0) is 113 Å². The summed E-state index contributed by atoms with van der Waals surface area (Å²) in [4.78, 5) is 105. The molecular weight excluding hydrogens is 1420 g/mol. The van der Waals surface area contributed by atoms with Crippen molar-refractivity contribution < 1.29 is 108 Å². The predicted octanol–water partition coefficient (Wildman–Crippen LogP) is -2.14. The van der Waals surface area contributed by atoms with Gasteiger partial charge in [-0.3, -0.25) is 37.1 Å². The highest BCUT2D eigenvalue weighted by atomic mass is 32.7. The molecule has 4 saturated heterocycles. The van der Waals surface area contributed by atoms with Gasteiger partial charge in [-0.15, -0.1) is 0 Å². The Labute approximate surface area is 574 Å². The molecule has 99 heavy (non-hydrogen) atoms. The lowest BCUT2D eigenvalue weighted by Gasteiger charge is -2.36. The molecule has 9 rings (SSSR count). The zero-order valence-corrected chi connectivity index (χ0v) is 59.1. The topological polar surface area (TPSA) is 517 Å². The van der Waals surface area contributed by atoms with Crippen LogP contribution < -0.4 is 49.6 Å². The van der Waals surface area contributed by atoms with Crippen LogP contribution in [0.4, 0.5) is 17.5 Å². The third-order valence-corrected chi connectivity index (χ3v) is 20.2. The zero-order chi connectivity index (χ0) is 71.7. The summed E-state index contributed by atoms with van der Waals surface area (Å²) >= 11 is 11.1. The van der Waals surface area contributed by atoms with Crippen molar-refractivity contribution in [3.63, 3.8) is 0 Å². The van der Waals surface area contributed by atoms with E-state index in [1.165, 1.54) is 71.9 Å². The van der Waals surface area contributed by atoms with Gasteiger partial charge in [-0.2, -0.15) is 9.97 Å². The van der Waals surface area contributed by atoms with Gasteiger partial charge >= 0.3 is 23.9 Å². The van der Waals surface area contributed by atoms with Gasteiger partial charge in [0.25, 0.3) is 13.4 Å². The van der Waals surface area contributed by atoms with Crippen LogP contribution in [-0.4, -0.2) is 232 Å². The number of aromatic nitrogens is 10. The third-order valence-electron chi connectivity index (χ3n) is 16.1. The number of hydrogen-bond donors (Lipinski definition) is 5. The highest BCUT2D eigenvalue weighted by Crippen LogP contribution is 2.53. The van der Waals surface area contributed by atoms with Crippen molar-refractivity contribution in [1.29, 1.82) is 0 Å². The monoisotopic (exact) mass is 1500 g/mol. The minimum atomic E-state index is -5.59. The summed E-state index contributed by atoms with van der Waals surface area (Å²) in [6.45, 7) is -6.93. The highest BCUT2D eigenvalue weighted by Gasteiger charge is 2.55. The van der Waals surface area contributed by atoms with E-state index in [0.29, 0.717) is 12.0 Å². The Kier molecular flexibility index (Phi) is 27.3. The first-order valence-corrected chi connectivity index (χ1v) is 37.4. The summed E-state index contributed by atoms with van der Waals surface area (Å²) in [5.74, 6) is -0.131. The van der Waals surface area contributed by atoms with E-state index in [-0.39, 0.29) is 99.0 Å². The van der Waals surface area contributed by atoms with Gasteiger partial charge in [0.1, 0.15) is 91.2 Å². The van der Waals surface area contributed by atoms with E-state index in [4.69, 9.17) is 121 Å². The van der Waals surface area contributed by atoms with Crippen LogP contribution in [0.1, 0.15) is 61.4 Å². The number of aromatic amines is 1. The summed E-state index contributed by atoms with van der Waals surface area (Å²) < 4.78 is 138. The van der Waals surface area contributed by atoms with E-state index in [0.717, 1.165) is 19.9 Å². The van der Waals surface area contributed by atoms with Crippen molar-refractivity contribution in [2.45, 2.75) is 139 Å². The van der Waals surface area contributed by atoms with Crippen molar-refractivity contribution in [3.8, 4) is 0 Å². The molecule has 5 aromatic heterocycles. The molecule has 0 aromatic carbocycles. The number of nitrogens with one attached hydrogen (secondary N) is 1. The van der Waals surface area contributed by atoms with Gasteiger partial charge < -0.3 is 124 Å². The maximum absolute atomic E-state index is 15.1. The fourth-order valence-corrected chi connectivity index (χ4v) is 15.1. The van der Waals surface area contributed by atoms with E-state index >= 15 is 4.89 Å². The quantitative estimate of drug-likeness (QED) is 0.0123. The second-order valence-corrected chi connectivity index (χ2v) is 29.8. The number of imidazole rings is 1. The number of methoxy groups -OCH3 is 4. The van der Waals surface area contributed by atoms with Gasteiger partial charge in [-0.25, -0.2) is 33.9 Å². The molecule has 40 nitrogen and oxygen atoms in total. The molecule has 5 aromatic rings. The number of phosphoric ester groups is 1. The number of aliphatic hydroxyl groups is 2. The molecular formula is C54H80N13O27P3S2-2. The number of hydrogen-bond acceptors (Lipinski definition) is 36. The van der Waals surface area contributed by atoms with E-state index in [9.17, 15) is 38.3 Å². The maximum Gasteiger partial charge on any atom is 0.351 e. The van der Waals surface area contributed by atoms with Gasteiger partial charge in [0, 0.05) is 63.7 Å². The number of rotatable bonds is 37. The minimum absolute atomic E-state index is 0.0214. The average molecular weight is 1500 g/mol. The molecule has 552 valence electrons. The lowest BCUT2D eigenvalue weighted by atomic mass is 10.1. The van der Waals surface area contributed by atoms with Crippen molar-refractivity contribution in [2.75, 3.05) is 118 Å². The molecule has 0 saturated carbocycles. The number of nitrogen functional groups attached to an aromatic ring is 3. The summed E-state index contributed by atoms with van der Waals surface area (Å²) in [6, 6.07) is 0. The van der Waals surface area contributed by atoms with Gasteiger partial charge in [0.05, 0.1) is 78.5 Å². The van der Waals surface area contributed by atoms with Crippen LogP contribution in [0.2, 0.25) is 0 Å². The molecule has 4 aliphatic rings. The first kappa shape index (κ1) is 78.2. The first-order chi connectivity index (χ1) is 47.1. The second-order valence-electron chi connectivity index (χ2n) is 22.9. The second kappa shape index (κ2) is 34.5. The van der Waals surface area contributed by atoms with Gasteiger partial charge in [0.2, 0.25) is 0 Å². The number of H-pyrrole nitrogens is 1. The summed E-state index contributed by atoms with van der Waals surface area (Å²) in [7, 11) is -0.00607. The fraction of sp³-hybridized carbons (Fsp3) is 0.685. The fourth-order valence-electron chi connectivity index (χ4n) is 11.2. The molecule has 19 atom stereocenters. The SMILES string of the molecule is CCC[C@H]1O[C@@H](n2cnc3c(N)ncnc32)[C@@H](OCCOC)C1OP(=O)([O-])OC[C@H]1O[C@@H](n2cc(C)c(N)nc2=O)[C@@H](OCCOC)C1OP([O-])(=S)OC[C@H]1O[C@@H](n2cc(C)c(=O)[nH]c2=O)[C@@H](OCCOC)C1OP(=O)([S-])[OH+]C[C@H]1O[C@@H](n2cc(C)c(N)nc2=O)[C@@H](OCCOC)C1O. The summed E-state index contributed by atoms with van der Waals surface area (Å²) in [5, 5.41) is 11.6. The Morgan fingerprint density at radius 1 is 0.606 bits per heavy atom. The third kappa shape index (κ3) is 18.9. The molecule has 0 radical (unpaired) electrons. The molecule has 0 amide bonds. The molecule has 9 heterocycles. The van der Waals surface area contributed by atoms with E-state index < -0.39 is 162 Å². The smallest absolute Gasteiger partial charge is 0.351 e. The maximum atomic E-state index is 15.1.